The zero-order valence-corrected chi connectivity index (χ0v) is 14.8. The highest BCUT2D eigenvalue weighted by Gasteiger charge is 2.26. The smallest absolute Gasteiger partial charge is 0.410 e. The van der Waals surface area contributed by atoms with E-state index in [9.17, 15) is 9.59 Å². The van der Waals surface area contributed by atoms with Crippen LogP contribution < -0.4 is 4.90 Å². The minimum Gasteiger partial charge on any atom is -0.444 e. The van der Waals surface area contributed by atoms with Crippen LogP contribution in [0.2, 0.25) is 0 Å². The predicted octanol–water partition coefficient (Wildman–Crippen LogP) is 3.50. The van der Waals surface area contributed by atoms with E-state index in [-0.39, 0.29) is 12.0 Å². The number of nitrogens with zero attached hydrogens (tertiary/aromatic N) is 2. The number of carbonyl (C=O) groups is 2. The molecule has 5 heteroatoms. The molecule has 0 radical (unpaired) electrons. The highest BCUT2D eigenvalue weighted by Crippen LogP contribution is 2.27. The Labute approximate surface area is 143 Å². The molecule has 0 atom stereocenters. The van der Waals surface area contributed by atoms with E-state index < -0.39 is 5.60 Å². The van der Waals surface area contributed by atoms with Crippen molar-refractivity contribution in [1.29, 1.82) is 0 Å². The van der Waals surface area contributed by atoms with Gasteiger partial charge in [-0.25, -0.2) is 4.79 Å². The molecule has 0 aromatic heterocycles. The molecule has 5 nitrogen and oxygen atoms in total. The van der Waals surface area contributed by atoms with Crippen molar-refractivity contribution in [2.24, 2.45) is 0 Å². The zero-order valence-electron chi connectivity index (χ0n) is 14.8. The van der Waals surface area contributed by atoms with E-state index in [1.807, 2.05) is 31.7 Å². The van der Waals surface area contributed by atoms with Crippen LogP contribution in [0, 0.1) is 0 Å². The van der Waals surface area contributed by atoms with Gasteiger partial charge in [0.15, 0.2) is 0 Å². The van der Waals surface area contributed by atoms with Crippen LogP contribution >= 0.6 is 0 Å². The van der Waals surface area contributed by atoms with Crippen LogP contribution in [-0.2, 0) is 22.5 Å². The lowest BCUT2D eigenvalue weighted by atomic mass is 10.0. The molecule has 2 heterocycles. The number of rotatable bonds is 1. The molecule has 0 bridgehead atoms. The molecule has 130 valence electrons. The molecule has 2 aliphatic heterocycles. The summed E-state index contributed by atoms with van der Waals surface area (Å²) in [7, 11) is 0. The second kappa shape index (κ2) is 6.46. The Balaban J connectivity index is 1.77. The van der Waals surface area contributed by atoms with Crippen LogP contribution in [0.3, 0.4) is 0 Å². The van der Waals surface area contributed by atoms with Crippen molar-refractivity contribution < 1.29 is 14.3 Å². The molecule has 1 aromatic carbocycles. The summed E-state index contributed by atoms with van der Waals surface area (Å²) >= 11 is 0. The summed E-state index contributed by atoms with van der Waals surface area (Å²) in [6, 6.07) is 6.18. The molecular weight excluding hydrogens is 304 g/mol. The molecule has 2 aliphatic rings. The topological polar surface area (TPSA) is 49.9 Å². The second-order valence-electron chi connectivity index (χ2n) is 7.61. The normalized spacial score (nSPS) is 18.4. The van der Waals surface area contributed by atoms with Gasteiger partial charge in [0.1, 0.15) is 5.60 Å². The summed E-state index contributed by atoms with van der Waals surface area (Å²) in [5.74, 6) is 0.207. The fourth-order valence-corrected chi connectivity index (χ4v) is 3.32. The maximum Gasteiger partial charge on any atom is 0.410 e. The average molecular weight is 330 g/mol. The molecule has 3 rings (SSSR count). The molecular formula is C19H26N2O3. The zero-order chi connectivity index (χ0) is 17.3. The number of hydrogen-bond acceptors (Lipinski definition) is 3. The molecule has 0 spiro atoms. The monoisotopic (exact) mass is 330 g/mol. The van der Waals surface area contributed by atoms with Crippen LogP contribution in [-0.4, -0.2) is 35.6 Å². The summed E-state index contributed by atoms with van der Waals surface area (Å²) in [5, 5.41) is 0. The third-order valence-corrected chi connectivity index (χ3v) is 4.46. The van der Waals surface area contributed by atoms with E-state index in [0.29, 0.717) is 19.5 Å². The number of anilines is 1. The predicted molar refractivity (Wildman–Crippen MR) is 93.0 cm³/mol. The molecule has 0 aliphatic carbocycles. The number of benzene rings is 1. The minimum atomic E-state index is -0.480. The van der Waals surface area contributed by atoms with Crippen molar-refractivity contribution in [3.63, 3.8) is 0 Å². The van der Waals surface area contributed by atoms with Crippen LogP contribution in [0.15, 0.2) is 18.2 Å². The van der Waals surface area contributed by atoms with Crippen molar-refractivity contribution in [3.05, 3.63) is 29.3 Å². The van der Waals surface area contributed by atoms with Gasteiger partial charge in [-0.15, -0.1) is 0 Å². The minimum absolute atomic E-state index is 0.207. The Morgan fingerprint density at radius 1 is 1.08 bits per heavy atom. The number of carbonyl (C=O) groups excluding carboxylic acids is 2. The maximum absolute atomic E-state index is 12.3. The van der Waals surface area contributed by atoms with Gasteiger partial charge in [-0.3, -0.25) is 4.79 Å². The van der Waals surface area contributed by atoms with Gasteiger partial charge in [0.25, 0.3) is 0 Å². The Morgan fingerprint density at radius 3 is 2.50 bits per heavy atom. The molecule has 1 saturated heterocycles. The number of hydrogen-bond donors (Lipinski definition) is 0. The van der Waals surface area contributed by atoms with Crippen molar-refractivity contribution in [2.45, 2.75) is 58.6 Å². The van der Waals surface area contributed by atoms with Gasteiger partial charge in [-0.2, -0.15) is 0 Å². The SMILES string of the molecule is CC(C)(C)OC(=O)N1CCCc2cc(N3CCCC3=O)ccc2C1. The Bertz CT molecular complexity index is 649. The lowest BCUT2D eigenvalue weighted by Gasteiger charge is -2.26. The van der Waals surface area contributed by atoms with Crippen LogP contribution in [0.4, 0.5) is 10.5 Å². The number of ether oxygens (including phenoxy) is 1. The van der Waals surface area contributed by atoms with Crippen LogP contribution in [0.5, 0.6) is 0 Å². The number of amides is 2. The molecule has 0 N–H and O–H groups in total. The van der Waals surface area contributed by atoms with Gasteiger partial charge < -0.3 is 14.5 Å². The molecule has 2 amide bonds. The number of aryl methyl sites for hydroxylation is 1. The summed E-state index contributed by atoms with van der Waals surface area (Å²) in [4.78, 5) is 27.9. The molecule has 0 saturated carbocycles. The van der Waals surface area contributed by atoms with E-state index >= 15 is 0 Å². The van der Waals surface area contributed by atoms with E-state index in [1.165, 1.54) is 5.56 Å². The van der Waals surface area contributed by atoms with Gasteiger partial charge in [-0.05, 0) is 63.3 Å². The third-order valence-electron chi connectivity index (χ3n) is 4.46. The molecule has 24 heavy (non-hydrogen) atoms. The van der Waals surface area contributed by atoms with Crippen molar-refractivity contribution >= 4 is 17.7 Å². The standard InChI is InChI=1S/C19H26N2O3/c1-19(2,3)24-18(23)20-10-4-6-14-12-16(9-8-15(14)13-20)21-11-5-7-17(21)22/h8-9,12H,4-7,10-11,13H2,1-3H3. The van der Waals surface area contributed by atoms with E-state index in [1.54, 1.807) is 4.90 Å². The largest absolute Gasteiger partial charge is 0.444 e. The first kappa shape index (κ1) is 16.8. The first-order valence-corrected chi connectivity index (χ1v) is 8.73. The molecule has 1 aromatic rings. The average Bonchev–Trinajstić information content (AvgIpc) is 2.80. The first-order chi connectivity index (χ1) is 11.3. The fraction of sp³-hybridized carbons (Fsp3) is 0.579. The van der Waals surface area contributed by atoms with Gasteiger partial charge in [0.05, 0.1) is 0 Å². The highest BCUT2D eigenvalue weighted by molar-refractivity contribution is 5.95. The summed E-state index contributed by atoms with van der Waals surface area (Å²) < 4.78 is 5.50. The lowest BCUT2D eigenvalue weighted by Crippen LogP contribution is -2.36. The highest BCUT2D eigenvalue weighted by atomic mass is 16.6. The summed E-state index contributed by atoms with van der Waals surface area (Å²) in [5.41, 5.74) is 2.89. The summed E-state index contributed by atoms with van der Waals surface area (Å²) in [6.45, 7) is 7.73. The Hall–Kier alpha value is -2.04. The van der Waals surface area contributed by atoms with E-state index in [0.717, 1.165) is 37.1 Å². The molecule has 1 fully saturated rings. The van der Waals surface area contributed by atoms with Crippen molar-refractivity contribution in [1.82, 2.24) is 4.90 Å². The van der Waals surface area contributed by atoms with Crippen molar-refractivity contribution in [3.8, 4) is 0 Å². The van der Waals surface area contributed by atoms with Gasteiger partial charge in [-0.1, -0.05) is 6.07 Å². The number of fused-ring (bicyclic) bond motifs is 1. The van der Waals surface area contributed by atoms with E-state index in [2.05, 4.69) is 12.1 Å². The van der Waals surface area contributed by atoms with Crippen LogP contribution in [0.25, 0.3) is 0 Å². The Morgan fingerprint density at radius 2 is 1.83 bits per heavy atom. The molecule has 0 unspecified atom stereocenters. The lowest BCUT2D eigenvalue weighted by molar-refractivity contribution is -0.117. The summed E-state index contributed by atoms with van der Waals surface area (Å²) in [6.07, 6.45) is 3.15. The van der Waals surface area contributed by atoms with Gasteiger partial charge in [0, 0.05) is 31.7 Å². The van der Waals surface area contributed by atoms with E-state index in [4.69, 9.17) is 4.74 Å². The van der Waals surface area contributed by atoms with Gasteiger partial charge >= 0.3 is 6.09 Å². The fourth-order valence-electron chi connectivity index (χ4n) is 3.32. The first-order valence-electron chi connectivity index (χ1n) is 8.73. The van der Waals surface area contributed by atoms with Gasteiger partial charge in [0.2, 0.25) is 5.91 Å². The second-order valence-corrected chi connectivity index (χ2v) is 7.61. The van der Waals surface area contributed by atoms with Crippen molar-refractivity contribution in [2.75, 3.05) is 18.0 Å². The third kappa shape index (κ3) is 3.71. The Kier molecular flexibility index (Phi) is 4.52. The van der Waals surface area contributed by atoms with Crippen LogP contribution in [0.1, 0.15) is 51.2 Å². The maximum atomic E-state index is 12.3. The quantitative estimate of drug-likeness (QED) is 0.792.